The van der Waals surface area contributed by atoms with Gasteiger partial charge in [-0.25, -0.2) is 4.68 Å². The molecule has 0 saturated carbocycles. The minimum Gasteiger partial charge on any atom is -0.285 e. The first kappa shape index (κ1) is 11.8. The smallest absolute Gasteiger partial charge is 0.274 e. The van der Waals surface area contributed by atoms with Crippen LogP contribution in [0.15, 0.2) is 47.3 Å². The van der Waals surface area contributed by atoms with E-state index in [-0.39, 0.29) is 5.56 Å². The van der Waals surface area contributed by atoms with Gasteiger partial charge in [0.15, 0.2) is 0 Å². The van der Waals surface area contributed by atoms with Gasteiger partial charge >= 0.3 is 0 Å². The van der Waals surface area contributed by atoms with Gasteiger partial charge in [-0.3, -0.25) is 9.48 Å². The molecule has 1 heterocycles. The van der Waals surface area contributed by atoms with Crippen molar-refractivity contribution in [3.63, 3.8) is 0 Å². The summed E-state index contributed by atoms with van der Waals surface area (Å²) in [5.41, 5.74) is 2.78. The van der Waals surface area contributed by atoms with E-state index in [0.29, 0.717) is 0 Å². The lowest BCUT2D eigenvalue weighted by Gasteiger charge is -2.11. The van der Waals surface area contributed by atoms with Gasteiger partial charge < -0.3 is 0 Å². The molecule has 0 radical (unpaired) electrons. The summed E-state index contributed by atoms with van der Waals surface area (Å²) >= 11 is 0. The number of hydrogen-bond acceptors (Lipinski definition) is 1. The molecule has 3 heteroatoms. The SMILES string of the molecule is Cc1c(C)n(C)n(-c2cccc3ccccc23)c1=O. The summed E-state index contributed by atoms with van der Waals surface area (Å²) in [4.78, 5) is 12.4. The first-order valence-electron chi connectivity index (χ1n) is 6.34. The highest BCUT2D eigenvalue weighted by Crippen LogP contribution is 2.21. The van der Waals surface area contributed by atoms with Crippen molar-refractivity contribution in [2.24, 2.45) is 7.05 Å². The van der Waals surface area contributed by atoms with Gasteiger partial charge in [0.25, 0.3) is 5.56 Å². The first-order valence-corrected chi connectivity index (χ1v) is 6.34. The van der Waals surface area contributed by atoms with Crippen LogP contribution in [0.3, 0.4) is 0 Å². The average Bonchev–Trinajstić information content (AvgIpc) is 2.63. The Hall–Kier alpha value is -2.29. The Bertz CT molecular complexity index is 819. The van der Waals surface area contributed by atoms with E-state index in [4.69, 9.17) is 0 Å². The molecule has 0 atom stereocenters. The lowest BCUT2D eigenvalue weighted by Crippen LogP contribution is -2.20. The Kier molecular flexibility index (Phi) is 2.56. The zero-order chi connectivity index (χ0) is 13.6. The molecule has 0 aliphatic heterocycles. The second kappa shape index (κ2) is 4.12. The predicted molar refractivity (Wildman–Crippen MR) is 78.0 cm³/mol. The van der Waals surface area contributed by atoms with Gasteiger partial charge in [-0.15, -0.1) is 0 Å². The van der Waals surface area contributed by atoms with E-state index in [1.807, 2.05) is 49.8 Å². The third-order valence-electron chi connectivity index (χ3n) is 3.84. The van der Waals surface area contributed by atoms with Crippen molar-refractivity contribution in [3.8, 4) is 5.69 Å². The largest absolute Gasteiger partial charge is 0.285 e. The zero-order valence-electron chi connectivity index (χ0n) is 11.3. The fourth-order valence-corrected chi connectivity index (χ4v) is 2.51. The minimum atomic E-state index is 0.0522. The number of rotatable bonds is 1. The van der Waals surface area contributed by atoms with Crippen molar-refractivity contribution < 1.29 is 0 Å². The van der Waals surface area contributed by atoms with Gasteiger partial charge in [0.1, 0.15) is 0 Å². The van der Waals surface area contributed by atoms with Crippen LogP contribution in [0.5, 0.6) is 0 Å². The van der Waals surface area contributed by atoms with Crippen molar-refractivity contribution in [3.05, 3.63) is 64.1 Å². The molecule has 0 aliphatic carbocycles. The second-order valence-corrected chi connectivity index (χ2v) is 4.85. The Morgan fingerprint density at radius 1 is 0.947 bits per heavy atom. The molecule has 1 aromatic heterocycles. The van der Waals surface area contributed by atoms with E-state index in [2.05, 4.69) is 18.2 Å². The van der Waals surface area contributed by atoms with Crippen LogP contribution < -0.4 is 5.56 Å². The maximum Gasteiger partial charge on any atom is 0.274 e. The number of nitrogens with zero attached hydrogens (tertiary/aromatic N) is 2. The molecule has 0 fully saturated rings. The minimum absolute atomic E-state index is 0.0522. The van der Waals surface area contributed by atoms with E-state index < -0.39 is 0 Å². The fraction of sp³-hybridized carbons (Fsp3) is 0.188. The van der Waals surface area contributed by atoms with Crippen LogP contribution in [0, 0.1) is 13.8 Å². The van der Waals surface area contributed by atoms with Crippen molar-refractivity contribution in [2.45, 2.75) is 13.8 Å². The monoisotopic (exact) mass is 252 g/mol. The topological polar surface area (TPSA) is 26.9 Å². The molecule has 0 N–H and O–H groups in total. The summed E-state index contributed by atoms with van der Waals surface area (Å²) in [5.74, 6) is 0. The van der Waals surface area contributed by atoms with Crippen LogP contribution in [-0.4, -0.2) is 9.36 Å². The van der Waals surface area contributed by atoms with Gasteiger partial charge in [-0.05, 0) is 25.3 Å². The molecule has 0 amide bonds. The molecule has 3 rings (SSSR count). The summed E-state index contributed by atoms with van der Waals surface area (Å²) < 4.78 is 3.66. The zero-order valence-corrected chi connectivity index (χ0v) is 11.3. The van der Waals surface area contributed by atoms with Crippen LogP contribution in [0.4, 0.5) is 0 Å². The standard InChI is InChI=1S/C16H16N2O/c1-11-12(2)17(3)18(16(11)19)15-10-6-8-13-7-4-5-9-14(13)15/h4-10H,1-3H3. The summed E-state index contributed by atoms with van der Waals surface area (Å²) in [5, 5.41) is 2.23. The van der Waals surface area contributed by atoms with Crippen molar-refractivity contribution in [1.82, 2.24) is 9.36 Å². The Labute approximate surface area is 111 Å². The van der Waals surface area contributed by atoms with Crippen molar-refractivity contribution in [2.75, 3.05) is 0 Å². The molecule has 96 valence electrons. The number of fused-ring (bicyclic) bond motifs is 1. The van der Waals surface area contributed by atoms with E-state index in [1.54, 1.807) is 4.68 Å². The molecule has 3 aromatic rings. The normalized spacial score (nSPS) is 11.1. The van der Waals surface area contributed by atoms with Crippen LogP contribution in [0.2, 0.25) is 0 Å². The summed E-state index contributed by atoms with van der Waals surface area (Å²) in [7, 11) is 1.92. The number of hydrogen-bond donors (Lipinski definition) is 0. The van der Waals surface area contributed by atoms with Crippen LogP contribution in [0.25, 0.3) is 16.5 Å². The Morgan fingerprint density at radius 2 is 1.63 bits per heavy atom. The molecule has 0 bridgehead atoms. The molecule has 19 heavy (non-hydrogen) atoms. The van der Waals surface area contributed by atoms with Gasteiger partial charge in [0.05, 0.1) is 5.69 Å². The lowest BCUT2D eigenvalue weighted by molar-refractivity contribution is 0.632. The second-order valence-electron chi connectivity index (χ2n) is 4.85. The Morgan fingerprint density at radius 3 is 2.32 bits per heavy atom. The number of benzene rings is 2. The van der Waals surface area contributed by atoms with Gasteiger partial charge in [-0.2, -0.15) is 0 Å². The average molecular weight is 252 g/mol. The first-order chi connectivity index (χ1) is 9.11. The molecule has 3 nitrogen and oxygen atoms in total. The van der Waals surface area contributed by atoms with Crippen molar-refractivity contribution in [1.29, 1.82) is 0 Å². The van der Waals surface area contributed by atoms with Gasteiger partial charge in [-0.1, -0.05) is 36.4 Å². The molecular weight excluding hydrogens is 236 g/mol. The molecular formula is C16H16N2O. The van der Waals surface area contributed by atoms with Crippen LogP contribution in [0.1, 0.15) is 11.3 Å². The number of aromatic nitrogens is 2. The summed E-state index contributed by atoms with van der Waals surface area (Å²) in [6.07, 6.45) is 0. The highest BCUT2D eigenvalue weighted by atomic mass is 16.1. The van der Waals surface area contributed by atoms with Gasteiger partial charge in [0, 0.05) is 23.7 Å². The molecule has 0 unspecified atom stereocenters. The maximum atomic E-state index is 12.4. The van der Waals surface area contributed by atoms with E-state index in [0.717, 1.165) is 27.7 Å². The lowest BCUT2D eigenvalue weighted by atomic mass is 10.1. The molecule has 0 spiro atoms. The fourth-order valence-electron chi connectivity index (χ4n) is 2.51. The van der Waals surface area contributed by atoms with Crippen LogP contribution >= 0.6 is 0 Å². The summed E-state index contributed by atoms with van der Waals surface area (Å²) in [6.45, 7) is 3.84. The van der Waals surface area contributed by atoms with Crippen LogP contribution in [-0.2, 0) is 7.05 Å². The maximum absolute atomic E-state index is 12.4. The van der Waals surface area contributed by atoms with E-state index >= 15 is 0 Å². The van der Waals surface area contributed by atoms with Gasteiger partial charge in [0.2, 0.25) is 0 Å². The quantitative estimate of drug-likeness (QED) is 0.654. The van der Waals surface area contributed by atoms with E-state index in [1.165, 1.54) is 0 Å². The summed E-state index contributed by atoms with van der Waals surface area (Å²) in [6, 6.07) is 14.2. The third-order valence-corrected chi connectivity index (χ3v) is 3.84. The third kappa shape index (κ3) is 1.62. The highest BCUT2D eigenvalue weighted by Gasteiger charge is 2.13. The van der Waals surface area contributed by atoms with Crippen molar-refractivity contribution >= 4 is 10.8 Å². The van der Waals surface area contributed by atoms with E-state index in [9.17, 15) is 4.79 Å². The predicted octanol–water partition coefficient (Wildman–Crippen LogP) is 2.95. The highest BCUT2D eigenvalue weighted by molar-refractivity contribution is 5.90. The Balaban J connectivity index is 2.44. The molecule has 0 aliphatic rings. The molecule has 2 aromatic carbocycles. The molecule has 0 saturated heterocycles.